The molecule has 1 rings (SSSR count). The van der Waals surface area contributed by atoms with Gasteiger partial charge in [-0.2, -0.15) is 0 Å². The maximum atomic E-state index is 12.5. The van der Waals surface area contributed by atoms with Gasteiger partial charge in [0.1, 0.15) is 0 Å². The van der Waals surface area contributed by atoms with Crippen molar-refractivity contribution in [2.45, 2.75) is 26.5 Å². The minimum absolute atomic E-state index is 0.0320. The van der Waals surface area contributed by atoms with Crippen LogP contribution in [0.25, 0.3) is 0 Å². The fourth-order valence-electron chi connectivity index (χ4n) is 1.33. The van der Waals surface area contributed by atoms with Gasteiger partial charge in [-0.25, -0.2) is 8.78 Å². The average molecular weight is 202 g/mol. The lowest BCUT2D eigenvalue weighted by Gasteiger charge is -2.11. The summed E-state index contributed by atoms with van der Waals surface area (Å²) in [6.07, 6.45) is -2.58. The van der Waals surface area contributed by atoms with E-state index in [1.165, 1.54) is 6.07 Å². The van der Waals surface area contributed by atoms with Crippen LogP contribution >= 0.6 is 0 Å². The first-order valence-electron chi connectivity index (χ1n) is 4.18. The molecule has 0 fully saturated rings. The number of aryl methyl sites for hydroxylation is 1. The van der Waals surface area contributed by atoms with E-state index < -0.39 is 6.43 Å². The van der Waals surface area contributed by atoms with Crippen LogP contribution in [-0.4, -0.2) is 10.1 Å². The Labute approximate surface area is 80.6 Å². The summed E-state index contributed by atoms with van der Waals surface area (Å²) >= 11 is 0. The Morgan fingerprint density at radius 2 is 2.21 bits per heavy atom. The van der Waals surface area contributed by atoms with Crippen LogP contribution in [0.1, 0.15) is 28.9 Å². The molecule has 1 aromatic rings. The Hall–Kier alpha value is -1.07. The molecule has 3 N–H and O–H groups in total. The fraction of sp³-hybridized carbons (Fsp3) is 0.444. The van der Waals surface area contributed by atoms with Gasteiger partial charge in [0.05, 0.1) is 12.3 Å². The standard InChI is InChI=1S/C9H12F2N2O/c1-5-8(3-12)7(9(10)11)2-6(4-14)13-5/h2,9,14H,3-4,12H2,1H3. The highest BCUT2D eigenvalue weighted by Crippen LogP contribution is 2.25. The first-order chi connectivity index (χ1) is 6.60. The van der Waals surface area contributed by atoms with Gasteiger partial charge in [0.25, 0.3) is 6.43 Å². The Kier molecular flexibility index (Phi) is 3.49. The molecule has 0 amide bonds. The van der Waals surface area contributed by atoms with Gasteiger partial charge in [-0.1, -0.05) is 0 Å². The molecule has 0 aliphatic carbocycles. The van der Waals surface area contributed by atoms with Gasteiger partial charge in [-0.05, 0) is 18.6 Å². The molecule has 0 radical (unpaired) electrons. The smallest absolute Gasteiger partial charge is 0.264 e. The van der Waals surface area contributed by atoms with E-state index >= 15 is 0 Å². The van der Waals surface area contributed by atoms with Crippen LogP contribution in [0.4, 0.5) is 8.78 Å². The zero-order valence-corrected chi connectivity index (χ0v) is 7.80. The van der Waals surface area contributed by atoms with Crippen molar-refractivity contribution in [2.75, 3.05) is 0 Å². The summed E-state index contributed by atoms with van der Waals surface area (Å²) in [5.74, 6) is 0. The van der Waals surface area contributed by atoms with Crippen LogP contribution in [0.2, 0.25) is 0 Å². The molecule has 3 nitrogen and oxygen atoms in total. The zero-order chi connectivity index (χ0) is 10.7. The zero-order valence-electron chi connectivity index (χ0n) is 7.80. The van der Waals surface area contributed by atoms with Crippen molar-refractivity contribution in [3.8, 4) is 0 Å². The second kappa shape index (κ2) is 4.43. The Balaban J connectivity index is 3.28. The predicted octanol–water partition coefficient (Wildman–Crippen LogP) is 1.28. The number of pyridine rings is 1. The van der Waals surface area contributed by atoms with Crippen molar-refractivity contribution >= 4 is 0 Å². The molecule has 0 aliphatic rings. The maximum Gasteiger partial charge on any atom is 0.264 e. The molecule has 1 aromatic heterocycles. The van der Waals surface area contributed by atoms with Crippen LogP contribution in [0, 0.1) is 6.92 Å². The number of halogens is 2. The third-order valence-corrected chi connectivity index (χ3v) is 2.02. The molecule has 14 heavy (non-hydrogen) atoms. The molecule has 0 bridgehead atoms. The molecule has 0 spiro atoms. The van der Waals surface area contributed by atoms with Crippen LogP contribution in [0.5, 0.6) is 0 Å². The van der Waals surface area contributed by atoms with Gasteiger partial charge in [-0.15, -0.1) is 0 Å². The summed E-state index contributed by atoms with van der Waals surface area (Å²) in [5, 5.41) is 8.79. The molecule has 0 aromatic carbocycles. The average Bonchev–Trinajstić information content (AvgIpc) is 2.16. The first kappa shape index (κ1) is 11.0. The number of rotatable bonds is 3. The van der Waals surface area contributed by atoms with Crippen molar-refractivity contribution < 1.29 is 13.9 Å². The maximum absolute atomic E-state index is 12.5. The number of hydrogen-bond donors (Lipinski definition) is 2. The first-order valence-corrected chi connectivity index (χ1v) is 4.18. The van der Waals surface area contributed by atoms with E-state index in [2.05, 4.69) is 4.98 Å². The molecule has 1 heterocycles. The van der Waals surface area contributed by atoms with Crippen molar-refractivity contribution in [2.24, 2.45) is 5.73 Å². The summed E-state index contributed by atoms with van der Waals surface area (Å²) in [4.78, 5) is 3.94. The summed E-state index contributed by atoms with van der Waals surface area (Å²) in [6, 6.07) is 1.19. The van der Waals surface area contributed by atoms with Crippen LogP contribution in [-0.2, 0) is 13.2 Å². The van der Waals surface area contributed by atoms with Gasteiger partial charge >= 0.3 is 0 Å². The van der Waals surface area contributed by atoms with Crippen molar-refractivity contribution in [1.82, 2.24) is 4.98 Å². The molecule has 78 valence electrons. The molecule has 0 saturated heterocycles. The van der Waals surface area contributed by atoms with Crippen LogP contribution in [0.15, 0.2) is 6.07 Å². The van der Waals surface area contributed by atoms with E-state index in [-0.39, 0.29) is 24.4 Å². The molecular formula is C9H12F2N2O. The highest BCUT2D eigenvalue weighted by atomic mass is 19.3. The van der Waals surface area contributed by atoms with Crippen molar-refractivity contribution in [3.63, 3.8) is 0 Å². The molecule has 5 heteroatoms. The lowest BCUT2D eigenvalue weighted by molar-refractivity contribution is 0.149. The lowest BCUT2D eigenvalue weighted by atomic mass is 10.1. The van der Waals surface area contributed by atoms with E-state index in [0.717, 1.165) is 0 Å². The SMILES string of the molecule is Cc1nc(CO)cc(C(F)F)c1CN. The number of aliphatic hydroxyl groups is 1. The highest BCUT2D eigenvalue weighted by molar-refractivity contribution is 5.33. The van der Waals surface area contributed by atoms with E-state index in [4.69, 9.17) is 10.8 Å². The molecular weight excluding hydrogens is 190 g/mol. The summed E-state index contributed by atoms with van der Waals surface area (Å²) in [5.41, 5.74) is 6.27. The quantitative estimate of drug-likeness (QED) is 0.776. The highest BCUT2D eigenvalue weighted by Gasteiger charge is 2.15. The van der Waals surface area contributed by atoms with Crippen molar-refractivity contribution in [3.05, 3.63) is 28.6 Å². The Bertz CT molecular complexity index is 329. The number of hydrogen-bond acceptors (Lipinski definition) is 3. The van der Waals surface area contributed by atoms with Gasteiger partial charge in [-0.3, -0.25) is 4.98 Å². The number of aliphatic hydroxyl groups excluding tert-OH is 1. The Morgan fingerprint density at radius 1 is 1.57 bits per heavy atom. The van der Waals surface area contributed by atoms with Gasteiger partial charge < -0.3 is 10.8 Å². The Morgan fingerprint density at radius 3 is 2.64 bits per heavy atom. The number of alkyl halides is 2. The molecule has 0 aliphatic heterocycles. The van der Waals surface area contributed by atoms with Gasteiger partial charge in [0, 0.05) is 17.8 Å². The normalized spacial score (nSPS) is 11.0. The second-order valence-electron chi connectivity index (χ2n) is 2.93. The van der Waals surface area contributed by atoms with Crippen LogP contribution < -0.4 is 5.73 Å². The van der Waals surface area contributed by atoms with Gasteiger partial charge in [0.2, 0.25) is 0 Å². The third kappa shape index (κ3) is 2.05. The number of nitrogens with zero attached hydrogens (tertiary/aromatic N) is 1. The second-order valence-corrected chi connectivity index (χ2v) is 2.93. The minimum Gasteiger partial charge on any atom is -0.390 e. The monoisotopic (exact) mass is 202 g/mol. The van der Waals surface area contributed by atoms with E-state index in [1.54, 1.807) is 6.92 Å². The number of aromatic nitrogens is 1. The summed E-state index contributed by atoms with van der Waals surface area (Å²) < 4.78 is 25.1. The van der Waals surface area contributed by atoms with E-state index in [0.29, 0.717) is 11.3 Å². The van der Waals surface area contributed by atoms with E-state index in [9.17, 15) is 8.78 Å². The summed E-state index contributed by atoms with van der Waals surface area (Å²) in [7, 11) is 0. The number of nitrogens with two attached hydrogens (primary N) is 1. The van der Waals surface area contributed by atoms with Gasteiger partial charge in [0.15, 0.2) is 0 Å². The predicted molar refractivity (Wildman–Crippen MR) is 47.7 cm³/mol. The summed E-state index contributed by atoms with van der Waals surface area (Å²) in [6.45, 7) is 1.29. The van der Waals surface area contributed by atoms with Crippen LogP contribution in [0.3, 0.4) is 0 Å². The van der Waals surface area contributed by atoms with E-state index in [1.807, 2.05) is 0 Å². The molecule has 0 saturated carbocycles. The molecule has 0 atom stereocenters. The molecule has 0 unspecified atom stereocenters. The fourth-order valence-corrected chi connectivity index (χ4v) is 1.33. The van der Waals surface area contributed by atoms with Crippen molar-refractivity contribution in [1.29, 1.82) is 0 Å². The largest absolute Gasteiger partial charge is 0.390 e. The lowest BCUT2D eigenvalue weighted by Crippen LogP contribution is -2.08. The topological polar surface area (TPSA) is 59.1 Å². The minimum atomic E-state index is -2.58. The third-order valence-electron chi connectivity index (χ3n) is 2.02.